The maximum atomic E-state index is 13.8. The van der Waals surface area contributed by atoms with E-state index in [9.17, 15) is 9.18 Å². The molecule has 0 saturated heterocycles. The van der Waals surface area contributed by atoms with Crippen LogP contribution in [0.3, 0.4) is 0 Å². The number of rotatable bonds is 8. The number of fused-ring (bicyclic) bond motifs is 3. The van der Waals surface area contributed by atoms with Gasteiger partial charge in [0, 0.05) is 29.4 Å². The number of halogens is 1. The number of nitrogens with zero attached hydrogens (tertiary/aromatic N) is 2. The zero-order valence-electron chi connectivity index (χ0n) is 18.6. The van der Waals surface area contributed by atoms with E-state index in [-0.39, 0.29) is 23.4 Å². The Morgan fingerprint density at radius 2 is 1.88 bits per heavy atom. The van der Waals surface area contributed by atoms with E-state index in [2.05, 4.69) is 19.9 Å². The maximum Gasteiger partial charge on any atom is 0.258 e. The molecule has 168 valence electrons. The third-order valence-electron chi connectivity index (χ3n) is 5.63. The Hall–Kier alpha value is -2.64. The van der Waals surface area contributed by atoms with Gasteiger partial charge in [0.1, 0.15) is 18.2 Å². The van der Waals surface area contributed by atoms with Crippen molar-refractivity contribution >= 4 is 11.8 Å². The number of hydrogen-bond acceptors (Lipinski definition) is 5. The molecule has 5 nitrogen and oxygen atoms in total. The Bertz CT molecular complexity index is 1160. The fraction of sp³-hybridized carbons (Fsp3) is 0.360. The van der Waals surface area contributed by atoms with Crippen molar-refractivity contribution in [2.75, 3.05) is 26.1 Å². The second kappa shape index (κ2) is 9.46. The minimum Gasteiger partial charge on any atom is -0.492 e. The maximum absolute atomic E-state index is 13.8. The number of methoxy groups -OCH3 is 1. The summed E-state index contributed by atoms with van der Waals surface area (Å²) < 4.78 is 25.8. The third-order valence-corrected chi connectivity index (χ3v) is 6.57. The lowest BCUT2D eigenvalue weighted by Gasteiger charge is -2.33. The molecule has 0 spiro atoms. The van der Waals surface area contributed by atoms with E-state index in [1.165, 1.54) is 29.5 Å². The number of aromatic nitrogens is 2. The summed E-state index contributed by atoms with van der Waals surface area (Å²) in [5.41, 5.74) is 3.40. The van der Waals surface area contributed by atoms with Crippen molar-refractivity contribution < 1.29 is 13.9 Å². The summed E-state index contributed by atoms with van der Waals surface area (Å²) in [7, 11) is 1.66. The van der Waals surface area contributed by atoms with Gasteiger partial charge in [-0.2, -0.15) is 0 Å². The van der Waals surface area contributed by atoms with Gasteiger partial charge in [0.2, 0.25) is 0 Å². The lowest BCUT2D eigenvalue weighted by Crippen LogP contribution is -2.39. The number of hydrogen-bond donors (Lipinski definition) is 0. The molecule has 0 N–H and O–H groups in total. The molecule has 0 atom stereocenters. The topological polar surface area (TPSA) is 53.3 Å². The molecular formula is C25H27FN2O3S. The van der Waals surface area contributed by atoms with E-state index < -0.39 is 0 Å². The summed E-state index contributed by atoms with van der Waals surface area (Å²) in [6.45, 7) is 5.39. The smallest absolute Gasteiger partial charge is 0.258 e. The molecule has 0 fully saturated rings. The van der Waals surface area contributed by atoms with Gasteiger partial charge in [-0.15, -0.1) is 0 Å². The Morgan fingerprint density at radius 1 is 1.12 bits per heavy atom. The Kier molecular flexibility index (Phi) is 6.67. The zero-order valence-corrected chi connectivity index (χ0v) is 19.4. The van der Waals surface area contributed by atoms with Crippen LogP contribution in [0.1, 0.15) is 25.0 Å². The van der Waals surface area contributed by atoms with Crippen LogP contribution in [0.25, 0.3) is 11.3 Å². The van der Waals surface area contributed by atoms with Crippen molar-refractivity contribution in [3.8, 4) is 17.0 Å². The summed E-state index contributed by atoms with van der Waals surface area (Å²) in [5, 5.41) is 0.654. The van der Waals surface area contributed by atoms with Gasteiger partial charge in [-0.3, -0.25) is 9.36 Å². The molecule has 32 heavy (non-hydrogen) atoms. The SMILES string of the molecule is COCCSc1nc2c(c(=O)n1CCOc1ccc(F)cc1)C(C)(C)Cc1ccccc1-2. The van der Waals surface area contributed by atoms with Gasteiger partial charge in [-0.1, -0.05) is 49.9 Å². The van der Waals surface area contributed by atoms with Gasteiger partial charge in [0.05, 0.1) is 18.8 Å². The molecule has 0 saturated carbocycles. The molecule has 1 aliphatic rings. The fourth-order valence-electron chi connectivity index (χ4n) is 4.12. The molecule has 0 radical (unpaired) electrons. The van der Waals surface area contributed by atoms with Crippen LogP contribution in [0.4, 0.5) is 4.39 Å². The van der Waals surface area contributed by atoms with Crippen LogP contribution >= 0.6 is 11.8 Å². The summed E-state index contributed by atoms with van der Waals surface area (Å²) in [6, 6.07) is 14.0. The van der Waals surface area contributed by atoms with Gasteiger partial charge in [0.15, 0.2) is 5.16 Å². The predicted molar refractivity (Wildman–Crippen MR) is 125 cm³/mol. The van der Waals surface area contributed by atoms with Gasteiger partial charge >= 0.3 is 0 Å². The van der Waals surface area contributed by atoms with Crippen LogP contribution < -0.4 is 10.3 Å². The van der Waals surface area contributed by atoms with E-state index in [1.54, 1.807) is 23.8 Å². The van der Waals surface area contributed by atoms with Gasteiger partial charge in [-0.05, 0) is 36.2 Å². The average Bonchev–Trinajstić information content (AvgIpc) is 2.76. The largest absolute Gasteiger partial charge is 0.492 e. The van der Waals surface area contributed by atoms with E-state index in [1.807, 2.05) is 18.2 Å². The van der Waals surface area contributed by atoms with Crippen molar-refractivity contribution in [2.24, 2.45) is 0 Å². The first-order chi connectivity index (χ1) is 15.4. The van der Waals surface area contributed by atoms with Crippen molar-refractivity contribution in [1.82, 2.24) is 9.55 Å². The molecule has 1 heterocycles. The Morgan fingerprint density at radius 3 is 2.62 bits per heavy atom. The molecule has 0 bridgehead atoms. The molecule has 4 rings (SSSR count). The standard InChI is InChI=1S/C25H27FN2O3S/c1-25(2)16-17-6-4-5-7-20(17)22-21(25)23(29)28(24(27-22)32-15-14-30-3)12-13-31-19-10-8-18(26)9-11-19/h4-11H,12-16H2,1-3H3. The molecular weight excluding hydrogens is 427 g/mol. The molecule has 0 amide bonds. The second-order valence-electron chi connectivity index (χ2n) is 8.44. The monoisotopic (exact) mass is 454 g/mol. The van der Waals surface area contributed by atoms with E-state index in [0.717, 1.165) is 23.2 Å². The first kappa shape index (κ1) is 22.6. The van der Waals surface area contributed by atoms with Crippen molar-refractivity contribution in [3.05, 3.63) is 75.8 Å². The normalized spacial score (nSPS) is 14.0. The minimum atomic E-state index is -0.330. The van der Waals surface area contributed by atoms with Gasteiger partial charge in [-0.25, -0.2) is 9.37 Å². The zero-order chi connectivity index (χ0) is 22.7. The van der Waals surface area contributed by atoms with Gasteiger partial charge in [0.25, 0.3) is 5.56 Å². The summed E-state index contributed by atoms with van der Waals surface area (Å²) in [5.74, 6) is 0.936. The Balaban J connectivity index is 1.71. The van der Waals surface area contributed by atoms with Crippen molar-refractivity contribution in [2.45, 2.75) is 37.4 Å². The van der Waals surface area contributed by atoms with Gasteiger partial charge < -0.3 is 9.47 Å². The van der Waals surface area contributed by atoms with E-state index in [4.69, 9.17) is 14.5 Å². The quantitative estimate of drug-likeness (QED) is 0.281. The number of benzene rings is 2. The summed E-state index contributed by atoms with van der Waals surface area (Å²) >= 11 is 1.50. The average molecular weight is 455 g/mol. The molecule has 7 heteroatoms. The third kappa shape index (κ3) is 4.59. The molecule has 1 aliphatic carbocycles. The first-order valence-electron chi connectivity index (χ1n) is 10.6. The minimum absolute atomic E-state index is 0.0304. The van der Waals surface area contributed by atoms with E-state index >= 15 is 0 Å². The second-order valence-corrected chi connectivity index (χ2v) is 9.50. The van der Waals surface area contributed by atoms with Crippen LogP contribution in [0.2, 0.25) is 0 Å². The lowest BCUT2D eigenvalue weighted by molar-refractivity contribution is 0.218. The number of thioether (sulfide) groups is 1. The Labute approximate surface area is 191 Å². The molecule has 3 aromatic rings. The highest BCUT2D eigenvalue weighted by molar-refractivity contribution is 7.99. The number of ether oxygens (including phenoxy) is 2. The van der Waals surface area contributed by atoms with Crippen LogP contribution in [-0.4, -0.2) is 35.6 Å². The van der Waals surface area contributed by atoms with Crippen LogP contribution in [0, 0.1) is 5.82 Å². The highest BCUT2D eigenvalue weighted by Gasteiger charge is 2.36. The molecule has 1 aromatic heterocycles. The predicted octanol–water partition coefficient (Wildman–Crippen LogP) is 4.70. The molecule has 2 aromatic carbocycles. The first-order valence-corrected chi connectivity index (χ1v) is 11.6. The highest BCUT2D eigenvalue weighted by Crippen LogP contribution is 2.40. The lowest BCUT2D eigenvalue weighted by atomic mass is 9.72. The molecule has 0 aliphatic heterocycles. The highest BCUT2D eigenvalue weighted by atomic mass is 32.2. The summed E-state index contributed by atoms with van der Waals surface area (Å²) in [6.07, 6.45) is 0.787. The van der Waals surface area contributed by atoms with Crippen LogP contribution in [-0.2, 0) is 23.1 Å². The van der Waals surface area contributed by atoms with Crippen LogP contribution in [0.15, 0.2) is 58.5 Å². The molecule has 0 unspecified atom stereocenters. The van der Waals surface area contributed by atoms with Crippen molar-refractivity contribution in [1.29, 1.82) is 0 Å². The summed E-state index contributed by atoms with van der Waals surface area (Å²) in [4.78, 5) is 18.7. The van der Waals surface area contributed by atoms with Crippen LogP contribution in [0.5, 0.6) is 5.75 Å². The van der Waals surface area contributed by atoms with E-state index in [0.29, 0.717) is 29.8 Å². The van der Waals surface area contributed by atoms with Crippen molar-refractivity contribution in [3.63, 3.8) is 0 Å². The fourth-order valence-corrected chi connectivity index (χ4v) is 5.04.